The van der Waals surface area contributed by atoms with Gasteiger partial charge in [-0.2, -0.15) is 5.10 Å². The molecule has 0 spiro atoms. The molecule has 0 bridgehead atoms. The van der Waals surface area contributed by atoms with E-state index >= 15 is 0 Å². The molecule has 1 N–H and O–H groups in total. The van der Waals surface area contributed by atoms with Gasteiger partial charge in [0.1, 0.15) is 0 Å². The fraction of sp³-hybridized carbons (Fsp3) is 0.312. The third-order valence-electron chi connectivity index (χ3n) is 3.41. The van der Waals surface area contributed by atoms with Crippen molar-refractivity contribution in [2.75, 3.05) is 0 Å². The van der Waals surface area contributed by atoms with Gasteiger partial charge < -0.3 is 5.32 Å². The lowest BCUT2D eigenvalue weighted by Crippen LogP contribution is -2.30. The zero-order chi connectivity index (χ0) is 15.9. The summed E-state index contributed by atoms with van der Waals surface area (Å²) in [6.07, 6.45) is 0. The van der Waals surface area contributed by atoms with Crippen molar-refractivity contribution < 1.29 is 4.79 Å². The van der Waals surface area contributed by atoms with Crippen LogP contribution >= 0.6 is 11.3 Å². The molecular formula is C16H18N4OS. The molecule has 3 heterocycles. The Hall–Kier alpha value is -2.21. The van der Waals surface area contributed by atoms with E-state index in [0.29, 0.717) is 5.56 Å². The lowest BCUT2D eigenvalue weighted by molar-refractivity contribution is 0.0944. The monoisotopic (exact) mass is 314 g/mol. The molecule has 0 radical (unpaired) electrons. The van der Waals surface area contributed by atoms with Gasteiger partial charge in [0, 0.05) is 13.1 Å². The van der Waals surface area contributed by atoms with Crippen molar-refractivity contribution in [3.05, 3.63) is 34.8 Å². The minimum Gasteiger partial charge on any atom is -0.350 e. The summed E-state index contributed by atoms with van der Waals surface area (Å²) in [6.45, 7) is 5.81. The minimum atomic E-state index is -0.0868. The standard InChI is InChI=1S/C16H18N4OS/c1-9(2)17-16(21)11-8-12(13-6-5-7-22-13)18-15-14(11)10(3)19-20(15)4/h5-9H,1-4H3,(H,17,21). The number of carbonyl (C=O) groups is 1. The van der Waals surface area contributed by atoms with Crippen molar-refractivity contribution in [3.63, 3.8) is 0 Å². The van der Waals surface area contributed by atoms with E-state index < -0.39 is 0 Å². The molecule has 0 unspecified atom stereocenters. The van der Waals surface area contributed by atoms with Crippen LogP contribution in [0.25, 0.3) is 21.6 Å². The maximum Gasteiger partial charge on any atom is 0.252 e. The van der Waals surface area contributed by atoms with Crippen molar-refractivity contribution in [1.29, 1.82) is 0 Å². The highest BCUT2D eigenvalue weighted by atomic mass is 32.1. The molecule has 6 heteroatoms. The summed E-state index contributed by atoms with van der Waals surface area (Å²) in [5, 5.41) is 10.2. The number of pyridine rings is 1. The molecule has 0 aliphatic rings. The Balaban J connectivity index is 2.25. The van der Waals surface area contributed by atoms with Crippen LogP contribution < -0.4 is 5.32 Å². The quantitative estimate of drug-likeness (QED) is 0.808. The van der Waals surface area contributed by atoms with Crippen molar-refractivity contribution in [1.82, 2.24) is 20.1 Å². The molecule has 1 amide bonds. The van der Waals surface area contributed by atoms with E-state index in [4.69, 9.17) is 4.98 Å². The summed E-state index contributed by atoms with van der Waals surface area (Å²) in [7, 11) is 1.85. The Bertz CT molecular complexity index is 834. The summed E-state index contributed by atoms with van der Waals surface area (Å²) in [6, 6.07) is 5.93. The summed E-state index contributed by atoms with van der Waals surface area (Å²) in [4.78, 5) is 18.3. The first-order valence-corrected chi connectivity index (χ1v) is 8.04. The number of nitrogens with one attached hydrogen (secondary N) is 1. The molecule has 0 saturated heterocycles. The number of aryl methyl sites for hydroxylation is 2. The van der Waals surface area contributed by atoms with Gasteiger partial charge in [-0.05, 0) is 38.3 Å². The number of fused-ring (bicyclic) bond motifs is 1. The molecule has 22 heavy (non-hydrogen) atoms. The Kier molecular flexibility index (Phi) is 3.70. The van der Waals surface area contributed by atoms with Crippen molar-refractivity contribution >= 4 is 28.3 Å². The van der Waals surface area contributed by atoms with Gasteiger partial charge >= 0.3 is 0 Å². The van der Waals surface area contributed by atoms with Crippen molar-refractivity contribution in [2.24, 2.45) is 7.05 Å². The molecular weight excluding hydrogens is 296 g/mol. The summed E-state index contributed by atoms with van der Waals surface area (Å²) < 4.78 is 1.73. The minimum absolute atomic E-state index is 0.0814. The predicted octanol–water partition coefficient (Wildman–Crippen LogP) is 3.14. The van der Waals surface area contributed by atoms with E-state index in [0.717, 1.165) is 27.3 Å². The van der Waals surface area contributed by atoms with Gasteiger partial charge in [0.15, 0.2) is 5.65 Å². The van der Waals surface area contributed by atoms with Crippen molar-refractivity contribution in [3.8, 4) is 10.6 Å². The van der Waals surface area contributed by atoms with E-state index in [-0.39, 0.29) is 11.9 Å². The number of amides is 1. The van der Waals surface area contributed by atoms with Gasteiger partial charge in [-0.3, -0.25) is 9.48 Å². The largest absolute Gasteiger partial charge is 0.350 e. The molecule has 0 saturated carbocycles. The first-order valence-electron chi connectivity index (χ1n) is 7.16. The smallest absolute Gasteiger partial charge is 0.252 e. The highest BCUT2D eigenvalue weighted by Gasteiger charge is 2.19. The SMILES string of the molecule is Cc1nn(C)c2nc(-c3cccs3)cc(C(=O)NC(C)C)c12. The zero-order valence-electron chi connectivity index (χ0n) is 13.0. The van der Waals surface area contributed by atoms with Gasteiger partial charge in [0.2, 0.25) is 0 Å². The number of carbonyl (C=O) groups excluding carboxylic acids is 1. The predicted molar refractivity (Wildman–Crippen MR) is 89.2 cm³/mol. The van der Waals surface area contributed by atoms with Gasteiger partial charge in [0.25, 0.3) is 5.91 Å². The molecule has 0 atom stereocenters. The second-order valence-electron chi connectivity index (χ2n) is 5.57. The van der Waals surface area contributed by atoms with E-state index in [1.807, 2.05) is 51.4 Å². The number of aromatic nitrogens is 3. The topological polar surface area (TPSA) is 59.8 Å². The lowest BCUT2D eigenvalue weighted by Gasteiger charge is -2.10. The molecule has 3 aromatic heterocycles. The Morgan fingerprint density at radius 1 is 1.41 bits per heavy atom. The fourth-order valence-corrected chi connectivity index (χ4v) is 3.20. The maximum absolute atomic E-state index is 12.6. The van der Waals surface area contributed by atoms with E-state index in [2.05, 4.69) is 10.4 Å². The normalized spacial score (nSPS) is 11.3. The van der Waals surface area contributed by atoms with Crippen LogP contribution in [0.1, 0.15) is 29.9 Å². The highest BCUT2D eigenvalue weighted by Crippen LogP contribution is 2.29. The number of rotatable bonds is 3. The zero-order valence-corrected chi connectivity index (χ0v) is 13.9. The molecule has 3 aromatic rings. The van der Waals surface area contributed by atoms with Gasteiger partial charge in [-0.1, -0.05) is 6.07 Å². The number of nitrogens with zero attached hydrogens (tertiary/aromatic N) is 3. The Morgan fingerprint density at radius 2 is 2.18 bits per heavy atom. The van der Waals surface area contributed by atoms with Gasteiger partial charge in [0.05, 0.1) is 27.2 Å². The van der Waals surface area contributed by atoms with Gasteiger partial charge in [-0.15, -0.1) is 11.3 Å². The molecule has 114 valence electrons. The first kappa shape index (κ1) is 14.7. The summed E-state index contributed by atoms with van der Waals surface area (Å²) in [5.74, 6) is -0.0868. The van der Waals surface area contributed by atoms with Crippen LogP contribution in [0.5, 0.6) is 0 Å². The molecule has 0 fully saturated rings. The Labute approximate surface area is 133 Å². The van der Waals surface area contributed by atoms with Crippen LogP contribution in [-0.2, 0) is 7.05 Å². The summed E-state index contributed by atoms with van der Waals surface area (Å²) in [5.41, 5.74) is 2.99. The number of hydrogen-bond acceptors (Lipinski definition) is 4. The number of hydrogen-bond donors (Lipinski definition) is 1. The maximum atomic E-state index is 12.6. The summed E-state index contributed by atoms with van der Waals surface area (Å²) >= 11 is 1.61. The third kappa shape index (κ3) is 2.50. The second-order valence-corrected chi connectivity index (χ2v) is 6.52. The van der Waals surface area contributed by atoms with Crippen LogP contribution in [0.2, 0.25) is 0 Å². The van der Waals surface area contributed by atoms with Crippen LogP contribution in [0.15, 0.2) is 23.6 Å². The highest BCUT2D eigenvalue weighted by molar-refractivity contribution is 7.13. The van der Waals surface area contributed by atoms with E-state index in [1.54, 1.807) is 16.0 Å². The molecule has 0 aromatic carbocycles. The van der Waals surface area contributed by atoms with Crippen molar-refractivity contribution in [2.45, 2.75) is 26.8 Å². The van der Waals surface area contributed by atoms with Gasteiger partial charge in [-0.25, -0.2) is 4.98 Å². The van der Waals surface area contributed by atoms with Crippen LogP contribution in [0.3, 0.4) is 0 Å². The molecule has 0 aliphatic carbocycles. The lowest BCUT2D eigenvalue weighted by atomic mass is 10.1. The first-order chi connectivity index (χ1) is 10.5. The number of thiophene rings is 1. The van der Waals surface area contributed by atoms with Crippen LogP contribution in [0.4, 0.5) is 0 Å². The average molecular weight is 314 g/mol. The second kappa shape index (κ2) is 5.53. The molecule has 3 rings (SSSR count). The van der Waals surface area contributed by atoms with E-state index in [1.165, 1.54) is 0 Å². The molecule has 5 nitrogen and oxygen atoms in total. The third-order valence-corrected chi connectivity index (χ3v) is 4.30. The van der Waals surface area contributed by atoms with Crippen LogP contribution in [-0.4, -0.2) is 26.7 Å². The fourth-order valence-electron chi connectivity index (χ4n) is 2.51. The van der Waals surface area contributed by atoms with Crippen LogP contribution in [0, 0.1) is 6.92 Å². The Morgan fingerprint density at radius 3 is 2.82 bits per heavy atom. The molecule has 0 aliphatic heterocycles. The average Bonchev–Trinajstić information content (AvgIpc) is 3.07. The van der Waals surface area contributed by atoms with E-state index in [9.17, 15) is 4.79 Å².